The van der Waals surface area contributed by atoms with Gasteiger partial charge < -0.3 is 9.64 Å². The fourth-order valence-corrected chi connectivity index (χ4v) is 4.46. The van der Waals surface area contributed by atoms with Crippen LogP contribution in [0, 0.1) is 18.3 Å². The maximum Gasteiger partial charge on any atom is 0.280 e. The Bertz CT molecular complexity index is 1100. The van der Waals surface area contributed by atoms with Crippen molar-refractivity contribution < 1.29 is 13.9 Å². The van der Waals surface area contributed by atoms with Crippen LogP contribution in [0.5, 0.6) is 0 Å². The molecular weight excluding hydrogens is 461 g/mol. The summed E-state index contributed by atoms with van der Waals surface area (Å²) in [6, 6.07) is 12.7. The largest absolute Gasteiger partial charge is 0.385 e. The van der Waals surface area contributed by atoms with Crippen LogP contribution in [0.1, 0.15) is 38.6 Å². The van der Waals surface area contributed by atoms with Crippen LogP contribution in [0.2, 0.25) is 0 Å². The second kappa shape index (κ2) is 12.3. The summed E-state index contributed by atoms with van der Waals surface area (Å²) < 4.78 is 20.7. The van der Waals surface area contributed by atoms with Crippen LogP contribution >= 0.6 is 23.3 Å². The van der Waals surface area contributed by atoms with Gasteiger partial charge in [-0.25, -0.2) is 9.37 Å². The van der Waals surface area contributed by atoms with E-state index in [2.05, 4.69) is 20.8 Å². The number of rotatable bonds is 11. The van der Waals surface area contributed by atoms with Crippen LogP contribution in [0.15, 0.2) is 42.6 Å². The lowest BCUT2D eigenvalue weighted by Crippen LogP contribution is -2.19. The van der Waals surface area contributed by atoms with E-state index in [0.29, 0.717) is 35.2 Å². The van der Waals surface area contributed by atoms with Crippen molar-refractivity contribution in [2.24, 2.45) is 0 Å². The molecule has 0 saturated heterocycles. The Morgan fingerprint density at radius 3 is 2.73 bits per heavy atom. The smallest absolute Gasteiger partial charge is 0.280 e. The molecule has 3 aromatic rings. The van der Waals surface area contributed by atoms with Crippen molar-refractivity contribution in [1.29, 1.82) is 5.26 Å². The quantitative estimate of drug-likeness (QED) is 0.304. The number of anilines is 2. The molecule has 1 amide bonds. The molecule has 33 heavy (non-hydrogen) atoms. The van der Waals surface area contributed by atoms with E-state index in [-0.39, 0.29) is 5.91 Å². The zero-order valence-electron chi connectivity index (χ0n) is 18.4. The number of hydrogen-bond acceptors (Lipinski definition) is 8. The minimum absolute atomic E-state index is 0.244. The van der Waals surface area contributed by atoms with Gasteiger partial charge in [0.1, 0.15) is 12.4 Å². The van der Waals surface area contributed by atoms with E-state index < -0.39 is 6.67 Å². The first kappa shape index (κ1) is 24.6. The van der Waals surface area contributed by atoms with Crippen molar-refractivity contribution in [2.45, 2.75) is 26.6 Å². The Morgan fingerprint density at radius 1 is 1.30 bits per heavy atom. The van der Waals surface area contributed by atoms with Gasteiger partial charge in [0.25, 0.3) is 5.91 Å². The average Bonchev–Trinajstić information content (AvgIpc) is 3.24. The number of ether oxygens (including phenoxy) is 1. The van der Waals surface area contributed by atoms with E-state index in [1.807, 2.05) is 30.0 Å². The zero-order chi connectivity index (χ0) is 23.6. The molecule has 3 rings (SSSR count). The van der Waals surface area contributed by atoms with Crippen molar-refractivity contribution >= 4 is 40.0 Å². The third kappa shape index (κ3) is 6.74. The molecule has 0 unspecified atom stereocenters. The van der Waals surface area contributed by atoms with Gasteiger partial charge >= 0.3 is 0 Å². The molecule has 2 aromatic heterocycles. The topological polar surface area (TPSA) is 91.1 Å². The van der Waals surface area contributed by atoms with Crippen LogP contribution in [0.3, 0.4) is 0 Å². The first-order valence-electron chi connectivity index (χ1n) is 10.2. The van der Waals surface area contributed by atoms with Gasteiger partial charge in [-0.2, -0.15) is 5.26 Å². The molecule has 0 bridgehead atoms. The summed E-state index contributed by atoms with van der Waals surface area (Å²) in [5, 5.41) is 9.76. The highest BCUT2D eigenvalue weighted by atomic mass is 32.2. The summed E-state index contributed by atoms with van der Waals surface area (Å²) in [4.78, 5) is 24.2. The highest BCUT2D eigenvalue weighted by molar-refractivity contribution is 7.97. The number of nitrogens with one attached hydrogen (secondary N) is 1. The summed E-state index contributed by atoms with van der Waals surface area (Å²) in [5.74, 6) is 0.501. The van der Waals surface area contributed by atoms with Crippen molar-refractivity contribution in [3.8, 4) is 6.07 Å². The van der Waals surface area contributed by atoms with Crippen LogP contribution in [-0.2, 0) is 18.0 Å². The van der Waals surface area contributed by atoms with Crippen molar-refractivity contribution in [2.75, 3.05) is 24.4 Å². The number of methoxy groups -OCH3 is 1. The van der Waals surface area contributed by atoms with Crippen molar-refractivity contribution in [1.82, 2.24) is 14.7 Å². The zero-order valence-corrected chi connectivity index (χ0v) is 20.0. The maximum absolute atomic E-state index is 12.8. The monoisotopic (exact) mass is 485 g/mol. The highest BCUT2D eigenvalue weighted by Crippen LogP contribution is 2.33. The molecule has 0 atom stereocenters. The molecule has 1 N–H and O–H groups in total. The van der Waals surface area contributed by atoms with Crippen LogP contribution in [0.25, 0.3) is 0 Å². The number of amides is 1. The molecule has 0 radical (unpaired) electrons. The number of hydrogen-bond donors (Lipinski definition) is 1. The molecule has 10 heteroatoms. The fourth-order valence-electron chi connectivity index (χ4n) is 2.94. The summed E-state index contributed by atoms with van der Waals surface area (Å²) in [6.45, 7) is 2.31. The number of nitrogens with zero attached hydrogens (tertiary/aromatic N) is 4. The number of pyridine rings is 1. The van der Waals surface area contributed by atoms with Gasteiger partial charge in [0, 0.05) is 36.2 Å². The normalized spacial score (nSPS) is 10.6. The third-order valence-corrected chi connectivity index (χ3v) is 6.48. The third-order valence-electron chi connectivity index (χ3n) is 4.66. The maximum atomic E-state index is 12.8. The molecule has 1 aromatic carbocycles. The number of halogens is 1. The fraction of sp³-hybridized carbons (Fsp3) is 0.304. The van der Waals surface area contributed by atoms with Crippen molar-refractivity contribution in [3.63, 3.8) is 0 Å². The van der Waals surface area contributed by atoms with Gasteiger partial charge in [0.15, 0.2) is 5.13 Å². The predicted molar refractivity (Wildman–Crippen MR) is 129 cm³/mol. The van der Waals surface area contributed by atoms with Gasteiger partial charge in [0.05, 0.1) is 23.9 Å². The second-order valence-electron chi connectivity index (χ2n) is 7.06. The standard InChI is InChI=1S/C23H24FN5O2S2/c1-16-21(22(30)28-32-11-3-10-31-2)27-23(33-16)29(20-8-5-17(13-25)6-9-20)15-18-4-7-19(12-24)26-14-18/h4-9,14H,3,10-12,15H2,1-2H3,(H,28,30). The molecule has 0 aliphatic carbocycles. The Kier molecular flexibility index (Phi) is 9.18. The molecule has 2 heterocycles. The van der Waals surface area contributed by atoms with Gasteiger partial charge in [-0.15, -0.1) is 11.3 Å². The van der Waals surface area contributed by atoms with E-state index in [1.54, 1.807) is 31.5 Å². The van der Waals surface area contributed by atoms with E-state index in [4.69, 9.17) is 10.00 Å². The molecule has 0 spiro atoms. The van der Waals surface area contributed by atoms with E-state index >= 15 is 0 Å². The van der Waals surface area contributed by atoms with E-state index in [0.717, 1.165) is 28.3 Å². The first-order valence-corrected chi connectivity index (χ1v) is 12.0. The van der Waals surface area contributed by atoms with Crippen molar-refractivity contribution in [3.05, 3.63) is 70.0 Å². The van der Waals surface area contributed by atoms with Crippen LogP contribution in [-0.4, -0.2) is 35.3 Å². The van der Waals surface area contributed by atoms with E-state index in [9.17, 15) is 9.18 Å². The van der Waals surface area contributed by atoms with Gasteiger partial charge in [-0.3, -0.25) is 14.5 Å². The Morgan fingerprint density at radius 2 is 2.09 bits per heavy atom. The Balaban J connectivity index is 1.84. The molecular formula is C23H24FN5O2S2. The summed E-state index contributed by atoms with van der Waals surface area (Å²) in [5.41, 5.74) is 2.98. The van der Waals surface area contributed by atoms with Crippen LogP contribution < -0.4 is 9.62 Å². The lowest BCUT2D eigenvalue weighted by molar-refractivity contribution is 0.0979. The van der Waals surface area contributed by atoms with E-state index in [1.165, 1.54) is 23.3 Å². The number of carbonyl (C=O) groups excluding carboxylic acids is 1. The second-order valence-corrected chi connectivity index (χ2v) is 9.15. The number of nitriles is 1. The predicted octanol–water partition coefficient (Wildman–Crippen LogP) is 4.94. The summed E-state index contributed by atoms with van der Waals surface area (Å²) in [6.07, 6.45) is 2.47. The number of thiazole rings is 1. The lowest BCUT2D eigenvalue weighted by atomic mass is 10.2. The minimum atomic E-state index is -0.618. The van der Waals surface area contributed by atoms with Gasteiger partial charge in [-0.05, 0) is 49.2 Å². The van der Waals surface area contributed by atoms with Gasteiger partial charge in [-0.1, -0.05) is 18.0 Å². The average molecular weight is 486 g/mol. The van der Waals surface area contributed by atoms with Crippen LogP contribution in [0.4, 0.5) is 15.2 Å². The van der Waals surface area contributed by atoms with Gasteiger partial charge in [0.2, 0.25) is 0 Å². The minimum Gasteiger partial charge on any atom is -0.385 e. The first-order chi connectivity index (χ1) is 16.0. The number of aryl methyl sites for hydroxylation is 1. The Labute approximate surface area is 200 Å². The number of aromatic nitrogens is 2. The SMILES string of the molecule is COCCCSNC(=O)c1nc(N(Cc2ccc(CF)nc2)c2ccc(C#N)cc2)sc1C. The lowest BCUT2D eigenvalue weighted by Gasteiger charge is -2.22. The number of carbonyl (C=O) groups is 1. The summed E-state index contributed by atoms with van der Waals surface area (Å²) >= 11 is 2.74. The molecule has 172 valence electrons. The highest BCUT2D eigenvalue weighted by Gasteiger charge is 2.21. The molecule has 0 aliphatic rings. The molecule has 0 fully saturated rings. The number of benzene rings is 1. The molecule has 7 nitrogen and oxygen atoms in total. The number of alkyl halides is 1. The molecule has 0 aliphatic heterocycles. The Hall–Kier alpha value is -3.00. The molecule has 0 saturated carbocycles. The summed E-state index contributed by atoms with van der Waals surface area (Å²) in [7, 11) is 1.65.